The molecule has 0 aromatic heterocycles. The van der Waals surface area contributed by atoms with E-state index in [4.69, 9.17) is 39.6 Å². The lowest BCUT2D eigenvalue weighted by Gasteiger charge is -2.22. The number of likely N-dealkylation sites (N-methyl/N-ethyl adjacent to an activating group) is 1. The van der Waals surface area contributed by atoms with Crippen LogP contribution in [0.3, 0.4) is 0 Å². The summed E-state index contributed by atoms with van der Waals surface area (Å²) in [5, 5.41) is 34.4. The first kappa shape index (κ1) is 114. The molecule has 0 saturated heterocycles. The molecule has 0 atom stereocenters. The van der Waals surface area contributed by atoms with E-state index in [1.54, 1.807) is 27.7 Å². The molecule has 0 heterocycles. The summed E-state index contributed by atoms with van der Waals surface area (Å²) in [6, 6.07) is 81.5. The predicted molar refractivity (Wildman–Crippen MR) is 556 cm³/mol. The van der Waals surface area contributed by atoms with Gasteiger partial charge in [-0.05, 0) is 125 Å². The molecule has 0 radical (unpaired) electrons. The van der Waals surface area contributed by atoms with Crippen molar-refractivity contribution in [1.82, 2.24) is 79.4 Å². The minimum atomic E-state index is -1.18. The van der Waals surface area contributed by atoms with Gasteiger partial charge in [-0.15, -0.1) is 0 Å². The van der Waals surface area contributed by atoms with Gasteiger partial charge in [0.15, 0.2) is 0 Å². The van der Waals surface area contributed by atoms with Crippen LogP contribution in [0, 0.1) is 0 Å². The van der Waals surface area contributed by atoms with Gasteiger partial charge in [0, 0.05) is 135 Å². The van der Waals surface area contributed by atoms with Crippen molar-refractivity contribution in [1.29, 1.82) is 0 Å². The number of nitrogens with zero attached hydrogens (tertiary/aromatic N) is 3. The molecule has 147 heavy (non-hydrogen) atoms. The third-order valence-electron chi connectivity index (χ3n) is 23.5. The maximum Gasteiger partial charge on any atom is 0.419 e. The van der Waals surface area contributed by atoms with Gasteiger partial charge >= 0.3 is 42.5 Å². The Bertz CT molecular complexity index is 5640. The second-order valence-corrected chi connectivity index (χ2v) is 33.6. The number of carboxylic acid groups (broad SMARTS) is 2. The maximum absolute atomic E-state index is 12.3. The van der Waals surface area contributed by atoms with Crippen LogP contribution in [0.15, 0.2) is 243 Å². The van der Waals surface area contributed by atoms with E-state index in [0.29, 0.717) is 32.7 Å². The van der Waals surface area contributed by atoms with E-state index in [2.05, 4.69) is 180 Å². The number of hydrogen-bond acceptors (Lipinski definition) is 22. The van der Waals surface area contributed by atoms with E-state index >= 15 is 0 Å². The number of hydrazine groups is 4. The monoisotopic (exact) mass is 2010 g/mol. The van der Waals surface area contributed by atoms with E-state index in [9.17, 15) is 67.1 Å². The number of carboxylic acids is 1. The predicted octanol–water partition coefficient (Wildman–Crippen LogP) is 13.4. The van der Waals surface area contributed by atoms with Crippen molar-refractivity contribution in [3.63, 3.8) is 0 Å². The number of rotatable bonds is 34. The third kappa shape index (κ3) is 34.3. The molecular formula is C110H132N16O21. The number of amides is 13. The summed E-state index contributed by atoms with van der Waals surface area (Å²) in [6.45, 7) is 19.4. The molecule has 15 rings (SSSR count). The molecule has 16 N–H and O–H groups in total. The number of carbonyl (C=O) groups is 14. The van der Waals surface area contributed by atoms with Gasteiger partial charge in [-0.1, -0.05) is 277 Å². The summed E-state index contributed by atoms with van der Waals surface area (Å²) < 4.78 is 27.1. The van der Waals surface area contributed by atoms with Crippen LogP contribution in [-0.4, -0.2) is 227 Å². The number of nitrogens with one attached hydrogen (secondary N) is 12. The average molecular weight is 2010 g/mol. The Kier molecular flexibility index (Phi) is 46.7. The van der Waals surface area contributed by atoms with Gasteiger partial charge in [0.1, 0.15) is 33.0 Å². The van der Waals surface area contributed by atoms with Crippen LogP contribution in [0.25, 0.3) is 55.6 Å². The summed E-state index contributed by atoms with van der Waals surface area (Å²) in [6.07, 6.45) is -2.80. The summed E-state index contributed by atoms with van der Waals surface area (Å²) in [5.41, 5.74) is 42.7. The molecule has 13 amide bonds. The fourth-order valence-electron chi connectivity index (χ4n) is 17.0. The molecule has 0 spiro atoms. The first-order chi connectivity index (χ1) is 71.1. The second kappa shape index (κ2) is 60.1. The van der Waals surface area contributed by atoms with Gasteiger partial charge < -0.3 is 76.4 Å². The second-order valence-electron chi connectivity index (χ2n) is 33.6. The number of carbonyl (C=O) groups excluding carboxylic acids is 12. The van der Waals surface area contributed by atoms with Crippen molar-refractivity contribution in [3.8, 4) is 55.6 Å². The minimum absolute atomic E-state index is 0.00550. The average Bonchev–Trinajstić information content (AvgIpc) is 1.64. The van der Waals surface area contributed by atoms with Crippen molar-refractivity contribution in [2.24, 2.45) is 5.73 Å². The number of nitrogens with two attached hydrogens (primary N) is 1. The van der Waals surface area contributed by atoms with Crippen molar-refractivity contribution < 1.29 is 101 Å². The van der Waals surface area contributed by atoms with Gasteiger partial charge in [0.25, 0.3) is 0 Å². The fourth-order valence-corrected chi connectivity index (χ4v) is 17.0. The lowest BCUT2D eigenvalue weighted by molar-refractivity contribution is -0.140. The molecule has 778 valence electrons. The molecule has 5 aliphatic rings. The molecular weight excluding hydrogens is 1880 g/mol. The van der Waals surface area contributed by atoms with Crippen LogP contribution in [0.1, 0.15) is 173 Å². The van der Waals surface area contributed by atoms with Crippen molar-refractivity contribution >= 4 is 83.9 Å². The zero-order valence-corrected chi connectivity index (χ0v) is 84.1. The molecule has 0 saturated carbocycles. The smallest absolute Gasteiger partial charge is 0.419 e. The minimum Gasteiger partial charge on any atom is -0.481 e. The number of fused-ring (bicyclic) bond motifs is 15. The van der Waals surface area contributed by atoms with Gasteiger partial charge in [-0.2, -0.15) is 0 Å². The molecule has 0 fully saturated rings. The molecule has 0 aliphatic heterocycles. The van der Waals surface area contributed by atoms with Crippen LogP contribution in [0.4, 0.5) is 28.8 Å². The van der Waals surface area contributed by atoms with Crippen LogP contribution in [0.5, 0.6) is 0 Å². The van der Waals surface area contributed by atoms with E-state index in [1.807, 2.05) is 141 Å². The highest BCUT2D eigenvalue weighted by molar-refractivity contribution is 5.88. The standard InChI is InChI=1S/C24H29N3O4.2C22H25N3O4.C19H21N3O3.C18H19N3O4.C3H6O2.C2H7N/c1-3-23(29)27(15-22(28)25-4-2)14-13-26-24(30)31-16-21-19-11-7-5-9-17(19)18-10-6-8-12-20(18)21;2*1-3-21(27)25(24-15(2)26)13-12-23-22(28)29-14-20-18-10-6-4-8-16(18)17-9-5-7-11-19(17)20;1-13(23)22-21-11-10-20-19(24)25-12-18-16-8-4-2-6-14(16)15-7-3-5-9-17(15)18;22-17(23)21-20-10-9-19-18(24)25-11-16-14-7-3-1-5-12(14)13-6-2-4-8-15(13)16;1-2-3(4)5;1-2-3/h5-12,21H,3-4,13-16H2,1-2H3,(H,25,28)(H,26,30);2*4-11,20H,3,12-14H2,1-2H3,(H,23,28)(H,24,26);2-9,18,21H,10-12H2,1H3,(H,20,24)(H,22,23);1-8,16,20-21H,9-11H2,(H,19,24)(H,22,23);2H2,1H3,(H,4,5);2-3H2,1H3. The van der Waals surface area contributed by atoms with Gasteiger partial charge in [-0.25, -0.2) is 39.6 Å². The highest BCUT2D eigenvalue weighted by Crippen LogP contribution is 2.49. The molecule has 0 unspecified atom stereocenters. The van der Waals surface area contributed by atoms with Crippen LogP contribution in [-0.2, 0) is 62.0 Å². The van der Waals surface area contributed by atoms with Crippen molar-refractivity contribution in [3.05, 3.63) is 298 Å². The maximum atomic E-state index is 12.3. The number of benzene rings is 10. The Balaban J connectivity index is 0.000000201. The van der Waals surface area contributed by atoms with Gasteiger partial charge in [0.05, 0.1) is 19.6 Å². The Hall–Kier alpha value is -16.5. The van der Waals surface area contributed by atoms with Gasteiger partial charge in [-0.3, -0.25) is 70.1 Å². The first-order valence-corrected chi connectivity index (χ1v) is 48.9. The topological polar surface area (TPSA) is 506 Å². The van der Waals surface area contributed by atoms with Crippen LogP contribution in [0.2, 0.25) is 0 Å². The number of aliphatic carboxylic acids is 1. The van der Waals surface area contributed by atoms with E-state index in [1.165, 1.54) is 102 Å². The van der Waals surface area contributed by atoms with Crippen molar-refractivity contribution in [2.45, 2.75) is 118 Å². The zero-order valence-electron chi connectivity index (χ0n) is 84.1. The number of hydrogen-bond donors (Lipinski definition) is 15. The Morgan fingerprint density at radius 2 is 0.503 bits per heavy atom. The Labute approximate surface area is 855 Å². The lowest BCUT2D eigenvalue weighted by Crippen LogP contribution is -2.48. The largest absolute Gasteiger partial charge is 0.481 e. The fraction of sp³-hybridized carbons (Fsp3) is 0.327. The van der Waals surface area contributed by atoms with Crippen LogP contribution >= 0.6 is 0 Å². The molecule has 37 heteroatoms. The number of ether oxygens (including phenoxy) is 5. The summed E-state index contributed by atoms with van der Waals surface area (Å²) in [5.74, 6) is -2.37. The number of alkyl carbamates (subject to hydrolysis) is 5. The molecule has 0 bridgehead atoms. The molecule has 10 aromatic rings. The first-order valence-electron chi connectivity index (χ1n) is 48.9. The molecule has 37 nitrogen and oxygen atoms in total. The highest BCUT2D eigenvalue weighted by atomic mass is 16.6. The van der Waals surface area contributed by atoms with Gasteiger partial charge in [0.2, 0.25) is 41.4 Å². The van der Waals surface area contributed by atoms with Crippen LogP contribution < -0.4 is 70.2 Å². The summed E-state index contributed by atoms with van der Waals surface area (Å²) in [7, 11) is 0. The zero-order chi connectivity index (χ0) is 106. The molecule has 10 aromatic carbocycles. The normalized spacial score (nSPS) is 11.7. The Morgan fingerprint density at radius 1 is 0.286 bits per heavy atom. The molecule has 5 aliphatic carbocycles. The third-order valence-corrected chi connectivity index (χ3v) is 23.5. The lowest BCUT2D eigenvalue weighted by atomic mass is 9.98. The SMILES string of the molecule is CC(=O)NNCCNC(=O)OCC1c2ccccc2-c2ccccc21.CCC(=O)N(CCNC(=O)OCC1c2ccccc2-c2ccccc21)NC(C)=O.CCC(=O)N(CCNC(=O)OCC1c2ccccc2-c2ccccc21)NC(C)=O.CCC(=O)O.CCN.CCNC(=O)CN(CCNC(=O)OCC1c2ccccc2-c2ccccc21)C(=O)CC.O=C(O)NNCCNC(=O)OCC1c2ccccc2-c2ccccc21. The highest BCUT2D eigenvalue weighted by Gasteiger charge is 2.35. The van der Waals surface area contributed by atoms with E-state index < -0.39 is 42.5 Å². The summed E-state index contributed by atoms with van der Waals surface area (Å²) in [4.78, 5) is 162. The van der Waals surface area contributed by atoms with Crippen molar-refractivity contribution in [2.75, 3.05) is 118 Å². The quantitative estimate of drug-likeness (QED) is 0.0101. The van der Waals surface area contributed by atoms with E-state index in [0.717, 1.165) is 51.1 Å². The van der Waals surface area contributed by atoms with E-state index in [-0.39, 0.29) is 176 Å². The Morgan fingerprint density at radius 3 is 0.707 bits per heavy atom. The summed E-state index contributed by atoms with van der Waals surface area (Å²) >= 11 is 0.